The van der Waals surface area contributed by atoms with Gasteiger partial charge in [-0.1, -0.05) is 11.6 Å². The van der Waals surface area contributed by atoms with Crippen molar-refractivity contribution in [1.29, 1.82) is 0 Å². The van der Waals surface area contributed by atoms with Gasteiger partial charge in [0.15, 0.2) is 6.61 Å². The van der Waals surface area contributed by atoms with Crippen LogP contribution >= 0.6 is 11.6 Å². The Hall–Kier alpha value is -2.87. The van der Waals surface area contributed by atoms with Crippen LogP contribution in [0.3, 0.4) is 0 Å². The lowest BCUT2D eigenvalue weighted by Gasteiger charge is -2.17. The molecule has 0 aliphatic heterocycles. The molecule has 2 rings (SSSR count). The second-order valence-corrected chi connectivity index (χ2v) is 6.29. The maximum Gasteiger partial charge on any atom is 0.342 e. The summed E-state index contributed by atoms with van der Waals surface area (Å²) in [5.74, 6) is -1.03. The van der Waals surface area contributed by atoms with E-state index in [1.54, 1.807) is 32.0 Å². The maximum atomic E-state index is 12.2. The number of pyridine rings is 1. The Balaban J connectivity index is 1.82. The van der Waals surface area contributed by atoms with Crippen molar-refractivity contribution < 1.29 is 23.5 Å². The number of hydrogen-bond donors (Lipinski definition) is 1. The van der Waals surface area contributed by atoms with E-state index in [9.17, 15) is 14.4 Å². The highest BCUT2D eigenvalue weighted by Gasteiger charge is 2.20. The van der Waals surface area contributed by atoms with Crippen LogP contribution in [0.2, 0.25) is 5.15 Å². The SMILES string of the molecule is Cc1cc(C)c(C(=O)OCC(=O)N(C)CC(=O)NCc2ccco2)c(Cl)n1. The van der Waals surface area contributed by atoms with Crippen LogP contribution in [0.1, 0.15) is 27.4 Å². The summed E-state index contributed by atoms with van der Waals surface area (Å²) in [5.41, 5.74) is 1.40. The van der Waals surface area contributed by atoms with Gasteiger partial charge in [-0.25, -0.2) is 9.78 Å². The summed E-state index contributed by atoms with van der Waals surface area (Å²) in [6, 6.07) is 5.13. The molecule has 27 heavy (non-hydrogen) atoms. The number of aromatic nitrogens is 1. The van der Waals surface area contributed by atoms with E-state index in [-0.39, 0.29) is 29.7 Å². The Labute approximate surface area is 161 Å². The number of furan rings is 1. The summed E-state index contributed by atoms with van der Waals surface area (Å²) >= 11 is 5.99. The van der Waals surface area contributed by atoms with Gasteiger partial charge < -0.3 is 19.4 Å². The van der Waals surface area contributed by atoms with Crippen molar-refractivity contribution in [1.82, 2.24) is 15.2 Å². The smallest absolute Gasteiger partial charge is 0.342 e. The average molecular weight is 394 g/mol. The number of ether oxygens (including phenoxy) is 1. The maximum absolute atomic E-state index is 12.2. The predicted octanol–water partition coefficient (Wildman–Crippen LogP) is 1.88. The van der Waals surface area contributed by atoms with E-state index in [0.717, 1.165) is 4.90 Å². The molecule has 0 aliphatic carbocycles. The number of nitrogens with zero attached hydrogens (tertiary/aromatic N) is 2. The molecule has 0 fully saturated rings. The van der Waals surface area contributed by atoms with Gasteiger partial charge >= 0.3 is 5.97 Å². The topological polar surface area (TPSA) is 102 Å². The van der Waals surface area contributed by atoms with Crippen molar-refractivity contribution in [3.8, 4) is 0 Å². The Morgan fingerprint density at radius 3 is 2.70 bits per heavy atom. The van der Waals surface area contributed by atoms with Crippen LogP contribution in [0.5, 0.6) is 0 Å². The lowest BCUT2D eigenvalue weighted by molar-refractivity contribution is -0.137. The van der Waals surface area contributed by atoms with Gasteiger partial charge in [-0.2, -0.15) is 0 Å². The number of likely N-dealkylation sites (N-methyl/N-ethyl adjacent to an activating group) is 1. The fraction of sp³-hybridized carbons (Fsp3) is 0.333. The third kappa shape index (κ3) is 5.82. The van der Waals surface area contributed by atoms with Crippen LogP contribution in [0.4, 0.5) is 0 Å². The molecule has 0 spiro atoms. The fourth-order valence-corrected chi connectivity index (χ4v) is 2.66. The van der Waals surface area contributed by atoms with E-state index >= 15 is 0 Å². The first-order chi connectivity index (χ1) is 12.8. The van der Waals surface area contributed by atoms with Crippen LogP contribution in [-0.4, -0.2) is 47.9 Å². The third-order valence-corrected chi connectivity index (χ3v) is 3.95. The lowest BCUT2D eigenvalue weighted by Crippen LogP contribution is -2.39. The van der Waals surface area contributed by atoms with Crippen molar-refractivity contribution in [2.75, 3.05) is 20.2 Å². The largest absolute Gasteiger partial charge is 0.467 e. The molecule has 0 unspecified atom stereocenters. The molecule has 144 valence electrons. The quantitative estimate of drug-likeness (QED) is 0.569. The number of nitrogens with one attached hydrogen (secondary N) is 1. The Kier molecular flexibility index (Phi) is 6.95. The third-order valence-electron chi connectivity index (χ3n) is 3.68. The highest BCUT2D eigenvalue weighted by Crippen LogP contribution is 2.19. The molecular formula is C18H20ClN3O5. The summed E-state index contributed by atoms with van der Waals surface area (Å²) in [6.45, 7) is 2.99. The molecule has 0 saturated carbocycles. The normalized spacial score (nSPS) is 10.4. The number of rotatable bonds is 7. The van der Waals surface area contributed by atoms with E-state index in [2.05, 4.69) is 10.3 Å². The van der Waals surface area contributed by atoms with Crippen molar-refractivity contribution >= 4 is 29.4 Å². The minimum atomic E-state index is -0.742. The van der Waals surface area contributed by atoms with Crippen molar-refractivity contribution in [3.63, 3.8) is 0 Å². The molecule has 0 bridgehead atoms. The van der Waals surface area contributed by atoms with Gasteiger partial charge in [0.05, 0.1) is 24.9 Å². The van der Waals surface area contributed by atoms with Crippen molar-refractivity contribution in [3.05, 3.63) is 52.2 Å². The van der Waals surface area contributed by atoms with Gasteiger partial charge in [0.25, 0.3) is 5.91 Å². The molecule has 8 nitrogen and oxygen atoms in total. The first-order valence-electron chi connectivity index (χ1n) is 8.12. The first kappa shape index (κ1) is 20.4. The summed E-state index contributed by atoms with van der Waals surface area (Å²) in [4.78, 5) is 41.3. The zero-order valence-electron chi connectivity index (χ0n) is 15.2. The van der Waals surface area contributed by atoms with E-state index in [1.807, 2.05) is 0 Å². The summed E-state index contributed by atoms with van der Waals surface area (Å²) in [5, 5.41) is 2.65. The zero-order valence-corrected chi connectivity index (χ0v) is 16.0. The molecule has 2 amide bonds. The van der Waals surface area contributed by atoms with Gasteiger partial charge in [-0.15, -0.1) is 0 Å². The minimum Gasteiger partial charge on any atom is -0.467 e. The van der Waals surface area contributed by atoms with Gasteiger partial charge in [0.1, 0.15) is 10.9 Å². The number of esters is 1. The Morgan fingerprint density at radius 1 is 1.33 bits per heavy atom. The predicted molar refractivity (Wildman–Crippen MR) is 97.2 cm³/mol. The van der Waals surface area contributed by atoms with Gasteiger partial charge in [-0.3, -0.25) is 9.59 Å². The van der Waals surface area contributed by atoms with E-state index in [0.29, 0.717) is 17.0 Å². The van der Waals surface area contributed by atoms with E-state index in [1.165, 1.54) is 13.3 Å². The standard InChI is InChI=1S/C18H20ClN3O5/c1-11-7-12(2)21-17(19)16(11)18(25)27-10-15(24)22(3)9-14(23)20-8-13-5-4-6-26-13/h4-7H,8-10H2,1-3H3,(H,20,23). The van der Waals surface area contributed by atoms with Crippen molar-refractivity contribution in [2.45, 2.75) is 20.4 Å². The average Bonchev–Trinajstić information content (AvgIpc) is 3.10. The van der Waals surface area contributed by atoms with Crippen LogP contribution < -0.4 is 5.32 Å². The number of aryl methyl sites for hydroxylation is 2. The molecule has 2 heterocycles. The minimum absolute atomic E-state index is 0.0237. The van der Waals surface area contributed by atoms with Gasteiger partial charge in [0, 0.05) is 12.7 Å². The Bertz CT molecular complexity index is 813. The molecular weight excluding hydrogens is 374 g/mol. The number of hydrogen-bond acceptors (Lipinski definition) is 6. The number of halogens is 1. The number of carbonyl (C=O) groups excluding carboxylic acids is 3. The number of amides is 2. The summed E-state index contributed by atoms with van der Waals surface area (Å²) in [6.07, 6.45) is 1.50. The van der Waals surface area contributed by atoms with Gasteiger partial charge in [-0.05, 0) is 37.6 Å². The lowest BCUT2D eigenvalue weighted by atomic mass is 10.1. The summed E-state index contributed by atoms with van der Waals surface area (Å²) in [7, 11) is 1.44. The van der Waals surface area contributed by atoms with Crippen LogP contribution in [0.15, 0.2) is 28.9 Å². The fourth-order valence-electron chi connectivity index (χ4n) is 2.30. The molecule has 2 aromatic heterocycles. The second kappa shape index (κ2) is 9.18. The van der Waals surface area contributed by atoms with Crippen LogP contribution in [0.25, 0.3) is 0 Å². The highest BCUT2D eigenvalue weighted by atomic mass is 35.5. The highest BCUT2D eigenvalue weighted by molar-refractivity contribution is 6.32. The molecule has 0 atom stereocenters. The summed E-state index contributed by atoms with van der Waals surface area (Å²) < 4.78 is 10.1. The van der Waals surface area contributed by atoms with Crippen molar-refractivity contribution in [2.24, 2.45) is 0 Å². The first-order valence-corrected chi connectivity index (χ1v) is 8.49. The monoisotopic (exact) mass is 393 g/mol. The second-order valence-electron chi connectivity index (χ2n) is 5.93. The molecule has 0 saturated heterocycles. The van der Waals surface area contributed by atoms with Crippen LogP contribution in [-0.2, 0) is 20.9 Å². The van der Waals surface area contributed by atoms with E-state index in [4.69, 9.17) is 20.8 Å². The molecule has 2 aromatic rings. The number of carbonyl (C=O) groups is 3. The van der Waals surface area contributed by atoms with E-state index < -0.39 is 18.5 Å². The molecule has 0 radical (unpaired) electrons. The molecule has 0 aromatic carbocycles. The zero-order chi connectivity index (χ0) is 20.0. The molecule has 0 aliphatic rings. The Morgan fingerprint density at radius 2 is 2.07 bits per heavy atom. The van der Waals surface area contributed by atoms with Gasteiger partial charge in [0.2, 0.25) is 5.91 Å². The molecule has 9 heteroatoms. The molecule has 1 N–H and O–H groups in total. The van der Waals surface area contributed by atoms with Crippen LogP contribution in [0, 0.1) is 13.8 Å².